The largest absolute Gasteiger partial charge is 0.484 e. The second-order valence-corrected chi connectivity index (χ2v) is 5.01. The van der Waals surface area contributed by atoms with E-state index in [0.717, 1.165) is 0 Å². The minimum absolute atomic E-state index is 0.111. The molecule has 0 saturated carbocycles. The molecule has 0 N–H and O–H groups in total. The van der Waals surface area contributed by atoms with Gasteiger partial charge in [0.25, 0.3) is 0 Å². The van der Waals surface area contributed by atoms with Gasteiger partial charge in [0, 0.05) is 19.6 Å². The topological polar surface area (TPSA) is 30.9 Å². The summed E-state index contributed by atoms with van der Waals surface area (Å²) in [7, 11) is -2.57. The second-order valence-electron chi connectivity index (χ2n) is 3.50. The summed E-state index contributed by atoms with van der Waals surface area (Å²) >= 11 is 0. The van der Waals surface area contributed by atoms with Gasteiger partial charge < -0.3 is 13.3 Å². The number of hydrogen-bond acceptors (Lipinski definition) is 4. The average molecular weight is 243 g/mol. The Morgan fingerprint density at radius 2 is 1.73 bits per heavy atom. The molecule has 0 aromatic heterocycles. The zero-order chi connectivity index (χ0) is 10.9. The molecule has 0 radical (unpaired) electrons. The number of fused-ring (bicyclic) bond motifs is 6. The van der Waals surface area contributed by atoms with Gasteiger partial charge >= 0.3 is 15.7 Å². The van der Waals surface area contributed by atoms with Crippen molar-refractivity contribution in [2.75, 3.05) is 32.8 Å². The van der Waals surface area contributed by atoms with Crippen LogP contribution in [-0.4, -0.2) is 59.6 Å². The van der Waals surface area contributed by atoms with Gasteiger partial charge in [-0.2, -0.15) is 13.2 Å². The Hall–Kier alpha value is -0.153. The van der Waals surface area contributed by atoms with Gasteiger partial charge in [-0.05, 0) is 0 Å². The van der Waals surface area contributed by atoms with Crippen LogP contribution >= 0.6 is 0 Å². The van der Waals surface area contributed by atoms with E-state index in [-0.39, 0.29) is 6.54 Å². The van der Waals surface area contributed by atoms with E-state index in [2.05, 4.69) is 0 Å². The summed E-state index contributed by atoms with van der Waals surface area (Å²) in [5.74, 6) is 0. The smallest absolute Gasteiger partial charge is 0.374 e. The Bertz CT molecular complexity index is 204. The monoisotopic (exact) mass is 243 g/mol. The molecule has 3 saturated heterocycles. The Morgan fingerprint density at radius 3 is 2.27 bits per heavy atom. The van der Waals surface area contributed by atoms with Crippen molar-refractivity contribution in [1.29, 1.82) is 0 Å². The van der Waals surface area contributed by atoms with Crippen LogP contribution in [0.4, 0.5) is 13.2 Å². The van der Waals surface area contributed by atoms with Crippen molar-refractivity contribution >= 4 is 9.53 Å². The molecule has 3 fully saturated rings. The van der Waals surface area contributed by atoms with E-state index >= 15 is 0 Å². The highest BCUT2D eigenvalue weighted by Gasteiger charge is 2.45. The van der Waals surface area contributed by atoms with Gasteiger partial charge in [-0.1, -0.05) is 0 Å². The van der Waals surface area contributed by atoms with E-state index in [1.54, 1.807) is 4.90 Å². The third-order valence-corrected chi connectivity index (χ3v) is 3.95. The van der Waals surface area contributed by atoms with Crippen LogP contribution < -0.4 is 0 Å². The van der Waals surface area contributed by atoms with Crippen molar-refractivity contribution in [3.63, 3.8) is 0 Å². The lowest BCUT2D eigenvalue weighted by Gasteiger charge is -2.36. The lowest BCUT2D eigenvalue weighted by atomic mass is 10.3. The third kappa shape index (κ3) is 2.91. The van der Waals surface area contributed by atoms with Crippen molar-refractivity contribution in [1.82, 2.24) is 4.90 Å². The first kappa shape index (κ1) is 11.3. The van der Waals surface area contributed by atoms with Crippen LogP contribution in [0.25, 0.3) is 0 Å². The van der Waals surface area contributed by atoms with Gasteiger partial charge in [-0.25, -0.2) is 0 Å². The van der Waals surface area contributed by atoms with E-state index in [1.807, 2.05) is 0 Å². The minimum Gasteiger partial charge on any atom is -0.374 e. The predicted octanol–water partition coefficient (Wildman–Crippen LogP) is 0.0135. The maximum Gasteiger partial charge on any atom is 0.484 e. The molecular formula is C7H12F3NO3Si. The van der Waals surface area contributed by atoms with Crippen molar-refractivity contribution in [3.8, 4) is 0 Å². The van der Waals surface area contributed by atoms with Gasteiger partial charge in [-0.3, -0.25) is 4.90 Å². The average Bonchev–Trinajstić information content (AvgIpc) is 1.95. The predicted molar refractivity (Wildman–Crippen MR) is 46.4 cm³/mol. The van der Waals surface area contributed by atoms with Gasteiger partial charge in [-0.15, -0.1) is 0 Å². The molecule has 88 valence electrons. The van der Waals surface area contributed by atoms with Crippen LogP contribution in [0, 0.1) is 0 Å². The molecule has 2 bridgehead atoms. The fourth-order valence-electron chi connectivity index (χ4n) is 1.57. The Labute approximate surface area is 86.9 Å². The fourth-order valence-corrected chi connectivity index (χ4v) is 2.93. The molecule has 0 aromatic carbocycles. The molecular weight excluding hydrogens is 231 g/mol. The van der Waals surface area contributed by atoms with Crippen LogP contribution in [-0.2, 0) is 13.3 Å². The van der Waals surface area contributed by atoms with E-state index < -0.39 is 21.8 Å². The molecule has 3 aliphatic rings. The molecule has 3 heterocycles. The van der Waals surface area contributed by atoms with Crippen molar-refractivity contribution < 1.29 is 26.4 Å². The molecule has 3 rings (SSSR count). The Kier molecular flexibility index (Phi) is 3.31. The third-order valence-electron chi connectivity index (χ3n) is 2.39. The quantitative estimate of drug-likeness (QED) is 0.561. The van der Waals surface area contributed by atoms with Crippen molar-refractivity contribution in [2.24, 2.45) is 0 Å². The van der Waals surface area contributed by atoms with Crippen LogP contribution in [0.2, 0.25) is 0 Å². The maximum atomic E-state index is 12.5. The second kappa shape index (κ2) is 4.38. The van der Waals surface area contributed by atoms with Gasteiger partial charge in [0.1, 0.15) is 0 Å². The highest BCUT2D eigenvalue weighted by molar-refractivity contribution is 6.36. The first-order chi connectivity index (χ1) is 7.05. The number of halogens is 3. The zero-order valence-corrected chi connectivity index (χ0v) is 9.15. The van der Waals surface area contributed by atoms with Crippen LogP contribution in [0.3, 0.4) is 0 Å². The highest BCUT2D eigenvalue weighted by atomic mass is 28.3. The molecule has 8 heteroatoms. The first-order valence-electron chi connectivity index (χ1n) is 4.73. The molecule has 3 aliphatic heterocycles. The molecule has 1 unspecified atom stereocenters. The highest BCUT2D eigenvalue weighted by Crippen LogP contribution is 2.26. The Morgan fingerprint density at radius 1 is 1.13 bits per heavy atom. The lowest BCUT2D eigenvalue weighted by molar-refractivity contribution is -0.215. The first-order valence-corrected chi connectivity index (χ1v) is 6.15. The molecule has 0 aliphatic carbocycles. The normalized spacial score (nSPS) is 38.2. The van der Waals surface area contributed by atoms with Gasteiger partial charge in [0.05, 0.1) is 13.2 Å². The standard InChI is InChI=1S/C7H12F3NO3Si/c8-7(9,10)6-5-11-1-3-12-15(14-6)13-4-2-11/h6,15H,1-5H2. The molecule has 0 spiro atoms. The van der Waals surface area contributed by atoms with Crippen molar-refractivity contribution in [3.05, 3.63) is 0 Å². The summed E-state index contributed by atoms with van der Waals surface area (Å²) in [5, 5.41) is 0. The van der Waals surface area contributed by atoms with E-state index in [9.17, 15) is 13.2 Å². The van der Waals surface area contributed by atoms with Gasteiger partial charge in [0.15, 0.2) is 6.10 Å². The molecule has 0 aromatic rings. The maximum absolute atomic E-state index is 12.5. The number of hydrogen-bond donors (Lipinski definition) is 0. The molecule has 15 heavy (non-hydrogen) atoms. The minimum atomic E-state index is -4.34. The van der Waals surface area contributed by atoms with Crippen LogP contribution in [0.1, 0.15) is 0 Å². The van der Waals surface area contributed by atoms with E-state index in [0.29, 0.717) is 26.3 Å². The Balaban J connectivity index is 2.08. The summed E-state index contributed by atoms with van der Waals surface area (Å²) < 4.78 is 52.7. The summed E-state index contributed by atoms with van der Waals surface area (Å²) in [4.78, 5) is 1.65. The van der Waals surface area contributed by atoms with Crippen LogP contribution in [0.5, 0.6) is 0 Å². The molecule has 4 nitrogen and oxygen atoms in total. The van der Waals surface area contributed by atoms with Crippen molar-refractivity contribution in [2.45, 2.75) is 12.3 Å². The number of nitrogens with zero attached hydrogens (tertiary/aromatic N) is 1. The fraction of sp³-hybridized carbons (Fsp3) is 1.00. The summed E-state index contributed by atoms with van der Waals surface area (Å²) in [6.45, 7) is 1.70. The SMILES string of the molecule is FC(F)(F)C1CN2CCO[SiH](OCC2)O1. The zero-order valence-electron chi connectivity index (χ0n) is 8.00. The summed E-state index contributed by atoms with van der Waals surface area (Å²) in [6, 6.07) is 0. The summed E-state index contributed by atoms with van der Waals surface area (Å²) in [5.41, 5.74) is 0. The summed E-state index contributed by atoms with van der Waals surface area (Å²) in [6.07, 6.45) is -6.11. The molecule has 1 atom stereocenters. The molecule has 0 amide bonds. The van der Waals surface area contributed by atoms with Crippen LogP contribution in [0.15, 0.2) is 0 Å². The number of alkyl halides is 3. The lowest BCUT2D eigenvalue weighted by Crippen LogP contribution is -2.54. The number of rotatable bonds is 0. The van der Waals surface area contributed by atoms with E-state index in [1.165, 1.54) is 0 Å². The van der Waals surface area contributed by atoms with Gasteiger partial charge in [0.2, 0.25) is 0 Å². The van der Waals surface area contributed by atoms with E-state index in [4.69, 9.17) is 13.3 Å².